The number of amides is 1. The Morgan fingerprint density at radius 2 is 1.70 bits per heavy atom. The molecule has 7 heteroatoms. The highest BCUT2D eigenvalue weighted by molar-refractivity contribution is 5.86. The molecular weight excluding hydrogens is 275 g/mol. The molecule has 0 heterocycles. The highest BCUT2D eigenvalue weighted by Gasteiger charge is 2.68. The van der Waals surface area contributed by atoms with Crippen LogP contribution in [0.25, 0.3) is 0 Å². The summed E-state index contributed by atoms with van der Waals surface area (Å²) in [4.78, 5) is 22.4. The minimum absolute atomic E-state index is 0.0820. The Labute approximate surface area is 114 Å². The van der Waals surface area contributed by atoms with E-state index in [2.05, 4.69) is 5.32 Å². The van der Waals surface area contributed by atoms with Gasteiger partial charge in [0.15, 0.2) is 0 Å². The lowest BCUT2D eigenvalue weighted by molar-refractivity contribution is -0.192. The number of hydrogen-bond donors (Lipinski definition) is 2. The number of carbonyl (C=O) groups excluding carboxylic acids is 1. The predicted molar refractivity (Wildman–Crippen MR) is 63.8 cm³/mol. The maximum atomic E-state index is 12.7. The van der Waals surface area contributed by atoms with Gasteiger partial charge in [0.25, 0.3) is 0 Å². The number of hydrogen-bond acceptors (Lipinski definition) is 2. The van der Waals surface area contributed by atoms with Gasteiger partial charge in [-0.1, -0.05) is 0 Å². The van der Waals surface area contributed by atoms with Crippen molar-refractivity contribution in [1.29, 1.82) is 0 Å². The van der Waals surface area contributed by atoms with Crippen LogP contribution in [0.15, 0.2) is 0 Å². The van der Waals surface area contributed by atoms with Crippen LogP contribution in [0.1, 0.15) is 38.5 Å². The van der Waals surface area contributed by atoms with Gasteiger partial charge >= 0.3 is 12.1 Å². The number of aliphatic carboxylic acids is 1. The van der Waals surface area contributed by atoms with E-state index in [4.69, 9.17) is 5.11 Å². The van der Waals surface area contributed by atoms with Gasteiger partial charge in [-0.25, -0.2) is 0 Å². The number of carboxylic acid groups (broad SMARTS) is 1. The molecule has 0 aliphatic heterocycles. The summed E-state index contributed by atoms with van der Waals surface area (Å²) in [5.74, 6) is -2.02. The molecule has 0 saturated heterocycles. The topological polar surface area (TPSA) is 66.4 Å². The number of rotatable bonds is 4. The van der Waals surface area contributed by atoms with Crippen LogP contribution >= 0.6 is 0 Å². The summed E-state index contributed by atoms with van der Waals surface area (Å²) < 4.78 is 38.2. The first-order chi connectivity index (χ1) is 9.26. The number of carboxylic acids is 1. The predicted octanol–water partition coefficient (Wildman–Crippen LogP) is 2.34. The third-order valence-corrected chi connectivity index (χ3v) is 4.47. The molecule has 2 saturated carbocycles. The largest absolute Gasteiger partial charge is 0.481 e. The molecule has 0 aromatic heterocycles. The van der Waals surface area contributed by atoms with Gasteiger partial charge in [-0.05, 0) is 44.4 Å². The van der Waals surface area contributed by atoms with Crippen LogP contribution < -0.4 is 5.32 Å². The van der Waals surface area contributed by atoms with E-state index >= 15 is 0 Å². The SMILES string of the molecule is O=C(O)C1CCC(CNC(=O)C2(C(F)(F)F)CC2)CC1. The van der Waals surface area contributed by atoms with E-state index < -0.39 is 23.5 Å². The fourth-order valence-corrected chi connectivity index (χ4v) is 2.78. The number of carbonyl (C=O) groups is 2. The summed E-state index contributed by atoms with van der Waals surface area (Å²) in [5.41, 5.74) is -2.16. The van der Waals surface area contributed by atoms with E-state index in [1.165, 1.54) is 0 Å². The van der Waals surface area contributed by atoms with Crippen LogP contribution in [0.5, 0.6) is 0 Å². The quantitative estimate of drug-likeness (QED) is 0.836. The zero-order valence-electron chi connectivity index (χ0n) is 11.0. The first kappa shape index (κ1) is 15.1. The van der Waals surface area contributed by atoms with Gasteiger partial charge in [-0.3, -0.25) is 9.59 Å². The fourth-order valence-electron chi connectivity index (χ4n) is 2.78. The van der Waals surface area contributed by atoms with Gasteiger partial charge < -0.3 is 10.4 Å². The average Bonchev–Trinajstić information content (AvgIpc) is 3.17. The average molecular weight is 293 g/mol. The molecule has 0 bridgehead atoms. The van der Waals surface area contributed by atoms with Crippen molar-refractivity contribution in [1.82, 2.24) is 5.32 Å². The van der Waals surface area contributed by atoms with Crippen molar-refractivity contribution < 1.29 is 27.9 Å². The van der Waals surface area contributed by atoms with Gasteiger partial charge in [-0.15, -0.1) is 0 Å². The molecule has 0 radical (unpaired) electrons. The molecule has 0 aromatic rings. The van der Waals surface area contributed by atoms with E-state index in [1.807, 2.05) is 0 Å². The molecular formula is C13H18F3NO3. The van der Waals surface area contributed by atoms with Crippen LogP contribution in [-0.2, 0) is 9.59 Å². The first-order valence-electron chi connectivity index (χ1n) is 6.84. The van der Waals surface area contributed by atoms with Gasteiger partial charge in [-0.2, -0.15) is 13.2 Å². The molecule has 0 spiro atoms. The smallest absolute Gasteiger partial charge is 0.403 e. The molecule has 114 valence electrons. The normalized spacial score (nSPS) is 28.8. The number of nitrogens with one attached hydrogen (secondary N) is 1. The lowest BCUT2D eigenvalue weighted by Crippen LogP contribution is -2.43. The Hall–Kier alpha value is -1.27. The Balaban J connectivity index is 1.77. The van der Waals surface area contributed by atoms with Crippen molar-refractivity contribution in [2.45, 2.75) is 44.7 Å². The Morgan fingerprint density at radius 3 is 2.10 bits per heavy atom. The van der Waals surface area contributed by atoms with Crippen molar-refractivity contribution in [2.75, 3.05) is 6.54 Å². The van der Waals surface area contributed by atoms with Crippen molar-refractivity contribution in [3.05, 3.63) is 0 Å². The molecule has 0 unspecified atom stereocenters. The van der Waals surface area contributed by atoms with E-state index in [0.29, 0.717) is 25.7 Å². The lowest BCUT2D eigenvalue weighted by Gasteiger charge is -2.27. The summed E-state index contributed by atoms with van der Waals surface area (Å²) in [7, 11) is 0. The zero-order valence-corrected chi connectivity index (χ0v) is 11.0. The standard InChI is InChI=1S/C13H18F3NO3/c14-13(15,16)12(5-6-12)11(20)17-7-8-1-3-9(4-2-8)10(18)19/h8-9H,1-7H2,(H,17,20)(H,18,19). The van der Waals surface area contributed by atoms with Gasteiger partial charge in [0.1, 0.15) is 5.41 Å². The molecule has 4 nitrogen and oxygen atoms in total. The van der Waals surface area contributed by atoms with Crippen LogP contribution in [0.2, 0.25) is 0 Å². The maximum absolute atomic E-state index is 12.7. The minimum Gasteiger partial charge on any atom is -0.481 e. The monoisotopic (exact) mass is 293 g/mol. The summed E-state index contributed by atoms with van der Waals surface area (Å²) in [6.07, 6.45) is -2.41. The molecule has 20 heavy (non-hydrogen) atoms. The molecule has 0 atom stereocenters. The maximum Gasteiger partial charge on any atom is 0.403 e. The summed E-state index contributed by atoms with van der Waals surface area (Å²) in [6.45, 7) is 0.211. The number of alkyl halides is 3. The molecule has 1 amide bonds. The van der Waals surface area contributed by atoms with Gasteiger partial charge in [0.05, 0.1) is 5.92 Å². The van der Waals surface area contributed by atoms with E-state index in [0.717, 1.165) is 0 Å². The lowest BCUT2D eigenvalue weighted by atomic mass is 9.82. The molecule has 0 aromatic carbocycles. The zero-order chi connectivity index (χ0) is 15.0. The highest BCUT2D eigenvalue weighted by atomic mass is 19.4. The number of halogens is 3. The summed E-state index contributed by atoms with van der Waals surface area (Å²) in [5, 5.41) is 11.3. The van der Waals surface area contributed by atoms with Crippen molar-refractivity contribution in [3.8, 4) is 0 Å². The van der Waals surface area contributed by atoms with Crippen molar-refractivity contribution >= 4 is 11.9 Å². The van der Waals surface area contributed by atoms with Crippen molar-refractivity contribution in [3.63, 3.8) is 0 Å². The Morgan fingerprint density at radius 1 is 1.15 bits per heavy atom. The van der Waals surface area contributed by atoms with E-state index in [9.17, 15) is 22.8 Å². The second-order valence-corrected chi connectivity index (χ2v) is 5.85. The van der Waals surface area contributed by atoms with Gasteiger partial charge in [0, 0.05) is 6.54 Å². The molecule has 2 fully saturated rings. The second-order valence-electron chi connectivity index (χ2n) is 5.85. The molecule has 2 N–H and O–H groups in total. The highest BCUT2D eigenvalue weighted by Crippen LogP contribution is 2.57. The second kappa shape index (κ2) is 5.26. The third-order valence-electron chi connectivity index (χ3n) is 4.47. The van der Waals surface area contributed by atoms with Crippen LogP contribution in [0.4, 0.5) is 13.2 Å². The van der Waals surface area contributed by atoms with Crippen LogP contribution in [0, 0.1) is 17.3 Å². The van der Waals surface area contributed by atoms with E-state index in [-0.39, 0.29) is 31.2 Å². The van der Waals surface area contributed by atoms with Crippen LogP contribution in [0.3, 0.4) is 0 Å². The van der Waals surface area contributed by atoms with Gasteiger partial charge in [0.2, 0.25) is 5.91 Å². The molecule has 2 aliphatic carbocycles. The summed E-state index contributed by atoms with van der Waals surface area (Å²) >= 11 is 0. The van der Waals surface area contributed by atoms with Crippen LogP contribution in [-0.4, -0.2) is 29.7 Å². The minimum atomic E-state index is -4.47. The molecule has 2 aliphatic rings. The van der Waals surface area contributed by atoms with Crippen molar-refractivity contribution in [2.24, 2.45) is 17.3 Å². The Kier molecular flexibility index (Phi) is 3.97. The fraction of sp³-hybridized carbons (Fsp3) is 0.846. The Bertz CT molecular complexity index is 396. The van der Waals surface area contributed by atoms with E-state index in [1.54, 1.807) is 0 Å². The summed E-state index contributed by atoms with van der Waals surface area (Å²) in [6, 6.07) is 0. The molecule has 2 rings (SSSR count). The third kappa shape index (κ3) is 2.91. The first-order valence-corrected chi connectivity index (χ1v) is 6.84.